The van der Waals surface area contributed by atoms with E-state index in [1.54, 1.807) is 64.9 Å². The minimum absolute atomic E-state index is 0.320. The summed E-state index contributed by atoms with van der Waals surface area (Å²) in [5.74, 6) is 0.233. The molecule has 5 rings (SSSR count). The Morgan fingerprint density at radius 2 is 1.55 bits per heavy atom. The Morgan fingerprint density at radius 3 is 2.11 bits per heavy atom. The molecule has 3 aromatic heterocycles. The number of guanidine groups is 1. The average Bonchev–Trinajstić information content (AvgIpc) is 3.90. The highest BCUT2D eigenvalue weighted by Gasteiger charge is 2.21. The van der Waals surface area contributed by atoms with E-state index in [4.69, 9.17) is 5.73 Å². The van der Waals surface area contributed by atoms with Crippen molar-refractivity contribution < 1.29 is 19.2 Å². The second kappa shape index (κ2) is 20.9. The number of rotatable bonds is 14. The second-order valence-corrected chi connectivity index (χ2v) is 12.2. The number of primary amides is 1. The maximum Gasteiger partial charge on any atom is 0.276 e. The van der Waals surface area contributed by atoms with Gasteiger partial charge in [0.1, 0.15) is 17.7 Å². The number of amides is 2. The first-order valence-electron chi connectivity index (χ1n) is 17.9. The Labute approximate surface area is 321 Å². The summed E-state index contributed by atoms with van der Waals surface area (Å²) in [7, 11) is 6.95. The van der Waals surface area contributed by atoms with Crippen LogP contribution in [0.25, 0.3) is 11.0 Å². The quantitative estimate of drug-likeness (QED) is 0.0734. The molecule has 0 bridgehead atoms. The van der Waals surface area contributed by atoms with Crippen LogP contribution in [-0.2, 0) is 19.6 Å². The number of nitrogens with two attached hydrogens (primary N) is 2. The molecule has 0 aliphatic carbocycles. The largest absolute Gasteiger partial charge is 0.366 e. The predicted octanol–water partition coefficient (Wildman–Crippen LogP) is 2.97. The van der Waals surface area contributed by atoms with Gasteiger partial charge in [-0.05, 0) is 96.4 Å². The zero-order valence-electron chi connectivity index (χ0n) is 32.9. The molecule has 5 aromatic rings. The molecule has 55 heavy (non-hydrogen) atoms. The third-order valence-electron chi connectivity index (χ3n) is 8.49. The van der Waals surface area contributed by atoms with Crippen LogP contribution in [0.5, 0.6) is 0 Å². The van der Waals surface area contributed by atoms with Crippen LogP contribution in [0.2, 0.25) is 0 Å². The van der Waals surface area contributed by atoms with Gasteiger partial charge in [-0.25, -0.2) is 4.98 Å². The summed E-state index contributed by atoms with van der Waals surface area (Å²) in [4.78, 5) is 59.6. The molecular formula is C38H53N13O4. The fraction of sp³-hybridized carbons (Fsp3) is 0.368. The number of carbonyl (C=O) groups excluding carboxylic acids is 4. The standard InChI is InChI=1S/C30H38N10O3.C7H10N2O.CH5N/c1-6-40-26(17-20(2)36-40)28(43)35-30(33-4)38(23-10-8-22(9-11-23)27(31)42)15-13-37(5)14-16-39-25-12-7-21(19-41)18-24(25)34-29(39)32-3;1-3-9-7(5-10)4-6(2)8-9;1-2/h7-12,17-19H,6,13-16H2,1-5H3,(H2,31,42)(H,32,34)(H,33,35,43);4-5H,3H2,1-2H3;2H2,1H3. The first-order valence-corrected chi connectivity index (χ1v) is 17.9. The Bertz CT molecular complexity index is 2080. The lowest BCUT2D eigenvalue weighted by atomic mass is 10.2. The van der Waals surface area contributed by atoms with E-state index in [0.717, 1.165) is 47.2 Å². The van der Waals surface area contributed by atoms with Gasteiger partial charge in [0.15, 0.2) is 6.29 Å². The molecule has 0 aliphatic rings. The van der Waals surface area contributed by atoms with Crippen molar-refractivity contribution >= 4 is 53.0 Å². The highest BCUT2D eigenvalue weighted by molar-refractivity contribution is 6.10. The van der Waals surface area contributed by atoms with Crippen LogP contribution in [0.1, 0.15) is 66.9 Å². The number of benzene rings is 2. The van der Waals surface area contributed by atoms with Gasteiger partial charge in [-0.2, -0.15) is 10.2 Å². The highest BCUT2D eigenvalue weighted by atomic mass is 16.2. The maximum absolute atomic E-state index is 13.3. The molecule has 0 atom stereocenters. The van der Waals surface area contributed by atoms with Gasteiger partial charge in [-0.15, -0.1) is 0 Å². The van der Waals surface area contributed by atoms with Gasteiger partial charge in [0.2, 0.25) is 17.8 Å². The van der Waals surface area contributed by atoms with Crippen molar-refractivity contribution in [2.24, 2.45) is 16.5 Å². The third-order valence-corrected chi connectivity index (χ3v) is 8.49. The molecular weight excluding hydrogens is 703 g/mol. The number of imidazole rings is 1. The van der Waals surface area contributed by atoms with E-state index < -0.39 is 5.91 Å². The number of nitrogens with one attached hydrogen (secondary N) is 2. The first-order chi connectivity index (χ1) is 26.5. The van der Waals surface area contributed by atoms with Crippen molar-refractivity contribution in [3.05, 3.63) is 88.5 Å². The van der Waals surface area contributed by atoms with Crippen molar-refractivity contribution in [3.63, 3.8) is 0 Å². The number of aliphatic imine (C=N–C) groups is 1. The summed E-state index contributed by atoms with van der Waals surface area (Å²) in [6.45, 7) is 11.4. The van der Waals surface area contributed by atoms with Crippen LogP contribution in [0.15, 0.2) is 59.6 Å². The molecule has 2 amide bonds. The summed E-state index contributed by atoms with van der Waals surface area (Å²) in [6, 6.07) is 15.8. The number of anilines is 2. The van der Waals surface area contributed by atoms with Gasteiger partial charge in [0, 0.05) is 70.2 Å². The summed E-state index contributed by atoms with van der Waals surface area (Å²) >= 11 is 0. The van der Waals surface area contributed by atoms with Crippen molar-refractivity contribution in [1.82, 2.24) is 39.3 Å². The van der Waals surface area contributed by atoms with Crippen LogP contribution >= 0.6 is 0 Å². The lowest BCUT2D eigenvalue weighted by molar-refractivity contribution is 0.0963. The monoisotopic (exact) mass is 755 g/mol. The Hall–Kier alpha value is -6.20. The lowest BCUT2D eigenvalue weighted by Gasteiger charge is -2.29. The van der Waals surface area contributed by atoms with Crippen molar-refractivity contribution in [2.75, 3.05) is 58.0 Å². The molecule has 2 aromatic carbocycles. The van der Waals surface area contributed by atoms with Gasteiger partial charge in [-0.3, -0.25) is 38.9 Å². The number of aldehydes is 2. The van der Waals surface area contributed by atoms with E-state index in [9.17, 15) is 19.2 Å². The van der Waals surface area contributed by atoms with E-state index in [0.29, 0.717) is 67.1 Å². The number of nitrogens with zero attached hydrogens (tertiary/aromatic N) is 9. The fourth-order valence-corrected chi connectivity index (χ4v) is 5.75. The molecule has 0 aliphatic heterocycles. The molecule has 0 fully saturated rings. The van der Waals surface area contributed by atoms with E-state index >= 15 is 0 Å². The molecule has 0 saturated carbocycles. The van der Waals surface area contributed by atoms with E-state index in [1.807, 2.05) is 52.8 Å². The van der Waals surface area contributed by atoms with Crippen LogP contribution in [0.4, 0.5) is 11.6 Å². The van der Waals surface area contributed by atoms with Gasteiger partial charge in [0.25, 0.3) is 5.91 Å². The summed E-state index contributed by atoms with van der Waals surface area (Å²) < 4.78 is 5.41. The van der Waals surface area contributed by atoms with Gasteiger partial charge in [0.05, 0.1) is 22.4 Å². The summed E-state index contributed by atoms with van der Waals surface area (Å²) in [5, 5.41) is 14.6. The number of aryl methyl sites for hydroxylation is 4. The average molecular weight is 756 g/mol. The predicted molar refractivity (Wildman–Crippen MR) is 216 cm³/mol. The van der Waals surface area contributed by atoms with Crippen LogP contribution < -0.4 is 27.0 Å². The number of fused-ring (bicyclic) bond motifs is 1. The van der Waals surface area contributed by atoms with Gasteiger partial charge >= 0.3 is 0 Å². The van der Waals surface area contributed by atoms with Crippen molar-refractivity contribution in [3.8, 4) is 0 Å². The normalized spacial score (nSPS) is 11.0. The number of carbonyl (C=O) groups is 4. The molecule has 0 unspecified atom stereocenters. The highest BCUT2D eigenvalue weighted by Crippen LogP contribution is 2.21. The molecule has 17 nitrogen and oxygen atoms in total. The number of hydrogen-bond donors (Lipinski definition) is 4. The zero-order valence-corrected chi connectivity index (χ0v) is 32.9. The van der Waals surface area contributed by atoms with Crippen LogP contribution in [0.3, 0.4) is 0 Å². The zero-order chi connectivity index (χ0) is 40.7. The maximum atomic E-state index is 13.3. The first kappa shape index (κ1) is 43.2. The molecule has 0 spiro atoms. The SMILES string of the molecule is CCn1nc(C)cc1C(=O)NC(=NC)N(CCN(C)CCn1c(NC)nc2cc(C=O)ccc21)c1ccc(C(N)=O)cc1.CCn1nc(C)cc1C=O.CN. The van der Waals surface area contributed by atoms with Crippen molar-refractivity contribution in [2.45, 2.75) is 47.3 Å². The Balaban J connectivity index is 0.000000581. The van der Waals surface area contributed by atoms with E-state index in [-0.39, 0.29) is 5.91 Å². The van der Waals surface area contributed by atoms with Gasteiger partial charge < -0.3 is 31.2 Å². The molecule has 3 heterocycles. The van der Waals surface area contributed by atoms with Gasteiger partial charge in [-0.1, -0.05) is 0 Å². The number of aromatic nitrogens is 6. The molecule has 6 N–H and O–H groups in total. The Morgan fingerprint density at radius 1 is 0.891 bits per heavy atom. The molecule has 17 heteroatoms. The van der Waals surface area contributed by atoms with Crippen molar-refractivity contribution in [1.29, 1.82) is 0 Å². The minimum atomic E-state index is -0.519. The third kappa shape index (κ3) is 11.2. The van der Waals surface area contributed by atoms with Crippen LogP contribution in [-0.4, -0.2) is 112 Å². The molecule has 294 valence electrons. The van der Waals surface area contributed by atoms with E-state index in [1.165, 1.54) is 7.05 Å². The topological polar surface area (TPSA) is 217 Å². The van der Waals surface area contributed by atoms with E-state index in [2.05, 4.69) is 46.0 Å². The Kier molecular flexibility index (Phi) is 16.4. The smallest absolute Gasteiger partial charge is 0.276 e. The summed E-state index contributed by atoms with van der Waals surface area (Å²) in [6.07, 6.45) is 1.64. The second-order valence-electron chi connectivity index (χ2n) is 12.2. The fourth-order valence-electron chi connectivity index (χ4n) is 5.75. The number of hydrogen-bond acceptors (Lipinski definition) is 11. The van der Waals surface area contributed by atoms with Crippen LogP contribution in [0, 0.1) is 13.8 Å². The minimum Gasteiger partial charge on any atom is -0.366 e. The lowest BCUT2D eigenvalue weighted by Crippen LogP contribution is -2.47. The molecule has 0 radical (unpaired) electrons. The number of likely N-dealkylation sites (N-methyl/N-ethyl adjacent to an activating group) is 1. The summed E-state index contributed by atoms with van der Waals surface area (Å²) in [5.41, 5.74) is 16.1. The molecule has 0 saturated heterocycles.